The summed E-state index contributed by atoms with van der Waals surface area (Å²) in [6, 6.07) is 8.16. The molecule has 1 aliphatic carbocycles. The molecule has 0 spiro atoms. The van der Waals surface area contributed by atoms with Crippen LogP contribution in [0.1, 0.15) is 37.4 Å². The molecule has 1 aromatic carbocycles. The Hall–Kier alpha value is -3.57. The van der Waals surface area contributed by atoms with Crippen LogP contribution in [0.5, 0.6) is 0 Å². The number of rotatable bonds is 5. The predicted octanol–water partition coefficient (Wildman–Crippen LogP) is 1.90. The van der Waals surface area contributed by atoms with Gasteiger partial charge in [-0.3, -0.25) is 9.67 Å². The number of nitrogens with one attached hydrogen (secondary N) is 1. The minimum Gasteiger partial charge on any atom is -0.382 e. The molecular weight excluding hydrogens is 436 g/mol. The summed E-state index contributed by atoms with van der Waals surface area (Å²) in [6.45, 7) is 2.13. The van der Waals surface area contributed by atoms with Gasteiger partial charge in [-0.05, 0) is 43.4 Å². The van der Waals surface area contributed by atoms with Gasteiger partial charge in [0.2, 0.25) is 0 Å². The monoisotopic (exact) mass is 460 g/mol. The second kappa shape index (κ2) is 8.75. The highest BCUT2D eigenvalue weighted by molar-refractivity contribution is 6.30. The van der Waals surface area contributed by atoms with Crippen LogP contribution in [0.2, 0.25) is 5.02 Å². The summed E-state index contributed by atoms with van der Waals surface area (Å²) < 4.78 is 1.71. The van der Waals surface area contributed by atoms with E-state index in [1.165, 1.54) is 6.33 Å². The van der Waals surface area contributed by atoms with Gasteiger partial charge in [0.1, 0.15) is 35.4 Å². The van der Waals surface area contributed by atoms with Gasteiger partial charge in [0, 0.05) is 30.7 Å². The van der Waals surface area contributed by atoms with E-state index in [9.17, 15) is 0 Å². The molecule has 9 heteroatoms. The third kappa shape index (κ3) is 4.37. The Bertz CT molecular complexity index is 1370. The molecule has 1 fully saturated rings. The predicted molar refractivity (Wildman–Crippen MR) is 129 cm³/mol. The molecule has 2 atom stereocenters. The van der Waals surface area contributed by atoms with E-state index < -0.39 is 0 Å². The van der Waals surface area contributed by atoms with Crippen molar-refractivity contribution in [3.8, 4) is 11.8 Å². The summed E-state index contributed by atoms with van der Waals surface area (Å²) in [7, 11) is 1.85. The fourth-order valence-electron chi connectivity index (χ4n) is 4.00. The molecule has 2 aliphatic rings. The number of hydrogen-bond acceptors (Lipinski definition) is 7. The first kappa shape index (κ1) is 21.3. The number of hydrogen-bond donors (Lipinski definition) is 2. The molecular formula is C24H25ClN8. The van der Waals surface area contributed by atoms with Crippen LogP contribution in [0.15, 0.2) is 41.8 Å². The summed E-state index contributed by atoms with van der Waals surface area (Å²) in [5.41, 5.74) is 7.39. The first-order chi connectivity index (χ1) is 16.0. The van der Waals surface area contributed by atoms with Gasteiger partial charge in [0.25, 0.3) is 0 Å². The lowest BCUT2D eigenvalue weighted by Gasteiger charge is -2.36. The molecule has 3 heterocycles. The first-order valence-corrected chi connectivity index (χ1v) is 11.4. The number of nitrogens with zero attached hydrogens (tertiary/aromatic N) is 6. The van der Waals surface area contributed by atoms with Crippen molar-refractivity contribution < 1.29 is 0 Å². The van der Waals surface area contributed by atoms with E-state index in [2.05, 4.69) is 50.2 Å². The SMILES string of the molecule is CCC(Nc1ncnc(N)c1C#Cc1ccn(C)n1)[C@@H]1N=c2cccc(Cl)c2=CN1C1CC1. The molecule has 5 rings (SSSR count). The van der Waals surface area contributed by atoms with Crippen molar-refractivity contribution in [2.45, 2.75) is 44.4 Å². The molecule has 3 N–H and O–H groups in total. The largest absolute Gasteiger partial charge is 0.382 e. The van der Waals surface area contributed by atoms with Gasteiger partial charge in [-0.25, -0.2) is 9.97 Å². The van der Waals surface area contributed by atoms with Crippen molar-refractivity contribution >= 4 is 29.4 Å². The Balaban J connectivity index is 1.50. The van der Waals surface area contributed by atoms with Crippen molar-refractivity contribution in [1.29, 1.82) is 0 Å². The Kier molecular flexibility index (Phi) is 5.65. The molecule has 1 saturated carbocycles. The van der Waals surface area contributed by atoms with Crippen LogP contribution in [0, 0.1) is 11.8 Å². The van der Waals surface area contributed by atoms with Crippen molar-refractivity contribution in [2.75, 3.05) is 11.1 Å². The summed E-state index contributed by atoms with van der Waals surface area (Å²) in [6.07, 6.45) is 8.50. The highest BCUT2D eigenvalue weighted by Crippen LogP contribution is 2.32. The maximum atomic E-state index is 6.46. The third-order valence-electron chi connectivity index (χ3n) is 5.88. The minimum atomic E-state index is -0.0961. The Labute approximate surface area is 197 Å². The van der Waals surface area contributed by atoms with Crippen molar-refractivity contribution in [3.05, 3.63) is 63.6 Å². The van der Waals surface area contributed by atoms with Crippen LogP contribution in [-0.2, 0) is 7.05 Å². The molecule has 33 heavy (non-hydrogen) atoms. The van der Waals surface area contributed by atoms with Crippen molar-refractivity contribution in [1.82, 2.24) is 24.6 Å². The van der Waals surface area contributed by atoms with E-state index in [1.54, 1.807) is 4.68 Å². The van der Waals surface area contributed by atoms with Crippen molar-refractivity contribution in [2.24, 2.45) is 12.0 Å². The Morgan fingerprint density at radius 1 is 1.24 bits per heavy atom. The number of nitrogen functional groups attached to an aromatic ring is 1. The fourth-order valence-corrected chi connectivity index (χ4v) is 4.21. The number of benzene rings is 1. The van der Waals surface area contributed by atoms with E-state index >= 15 is 0 Å². The second-order valence-electron chi connectivity index (χ2n) is 8.29. The van der Waals surface area contributed by atoms with E-state index in [0.29, 0.717) is 28.9 Å². The molecule has 0 bridgehead atoms. The average molecular weight is 461 g/mol. The van der Waals surface area contributed by atoms with Crippen LogP contribution >= 0.6 is 11.6 Å². The summed E-state index contributed by atoms with van der Waals surface area (Å²) in [5.74, 6) is 7.08. The van der Waals surface area contributed by atoms with E-state index in [-0.39, 0.29) is 12.2 Å². The lowest BCUT2D eigenvalue weighted by molar-refractivity contribution is 0.258. The topological polar surface area (TPSA) is 97.2 Å². The van der Waals surface area contributed by atoms with Crippen LogP contribution < -0.4 is 21.6 Å². The highest BCUT2D eigenvalue weighted by Gasteiger charge is 2.37. The number of aromatic nitrogens is 4. The molecule has 0 amide bonds. The summed E-state index contributed by atoms with van der Waals surface area (Å²) >= 11 is 6.46. The number of anilines is 2. The van der Waals surface area contributed by atoms with E-state index in [0.717, 1.165) is 34.9 Å². The van der Waals surface area contributed by atoms with Gasteiger partial charge in [-0.1, -0.05) is 30.5 Å². The van der Waals surface area contributed by atoms with Gasteiger partial charge in [-0.15, -0.1) is 0 Å². The van der Waals surface area contributed by atoms with Crippen LogP contribution in [0.25, 0.3) is 6.20 Å². The molecule has 0 saturated heterocycles. The van der Waals surface area contributed by atoms with Crippen LogP contribution in [-0.4, -0.2) is 42.9 Å². The molecule has 1 unspecified atom stereocenters. The van der Waals surface area contributed by atoms with Crippen molar-refractivity contribution in [3.63, 3.8) is 0 Å². The van der Waals surface area contributed by atoms with Crippen LogP contribution in [0.3, 0.4) is 0 Å². The zero-order valence-corrected chi connectivity index (χ0v) is 19.3. The van der Waals surface area contributed by atoms with Crippen LogP contribution in [0.4, 0.5) is 11.6 Å². The summed E-state index contributed by atoms with van der Waals surface area (Å²) in [5, 5.41) is 10.5. The fraction of sp³-hybridized carbons (Fsp3) is 0.333. The quantitative estimate of drug-likeness (QED) is 0.564. The lowest BCUT2D eigenvalue weighted by atomic mass is 10.1. The highest BCUT2D eigenvalue weighted by atomic mass is 35.5. The molecule has 1 aliphatic heterocycles. The number of halogens is 1. The van der Waals surface area contributed by atoms with Gasteiger partial charge in [0.15, 0.2) is 0 Å². The standard InChI is InChI=1S/C24H25ClN8/c1-3-20(24-30-21-6-4-5-19(25)18(21)13-33(24)16-8-9-16)29-23-17(22(26)27-14-28-23)10-7-15-11-12-32(2)31-15/h4-6,11-14,16,20,24H,3,8-9H2,1-2H3,(H3,26,27,28,29)/t20?,24-/m1/s1. The minimum absolute atomic E-state index is 0.0151. The lowest BCUT2D eigenvalue weighted by Crippen LogP contribution is -2.50. The molecule has 3 aromatic rings. The van der Waals surface area contributed by atoms with Gasteiger partial charge in [0.05, 0.1) is 16.4 Å². The zero-order valence-electron chi connectivity index (χ0n) is 18.5. The summed E-state index contributed by atoms with van der Waals surface area (Å²) in [4.78, 5) is 16.0. The Morgan fingerprint density at radius 3 is 2.82 bits per heavy atom. The number of fused-ring (bicyclic) bond motifs is 1. The average Bonchev–Trinajstić information content (AvgIpc) is 3.57. The molecule has 8 nitrogen and oxygen atoms in total. The van der Waals surface area contributed by atoms with Gasteiger partial charge in [-0.2, -0.15) is 5.10 Å². The van der Waals surface area contributed by atoms with E-state index in [1.807, 2.05) is 37.5 Å². The zero-order chi connectivity index (χ0) is 22.9. The van der Waals surface area contributed by atoms with Gasteiger partial charge < -0.3 is 16.0 Å². The molecule has 2 aromatic heterocycles. The Morgan fingerprint density at radius 2 is 2.09 bits per heavy atom. The number of aryl methyl sites for hydroxylation is 1. The normalized spacial score (nSPS) is 17.8. The first-order valence-electron chi connectivity index (χ1n) is 11.0. The molecule has 0 radical (unpaired) electrons. The second-order valence-corrected chi connectivity index (χ2v) is 8.70. The van der Waals surface area contributed by atoms with E-state index in [4.69, 9.17) is 22.3 Å². The molecule has 168 valence electrons. The maximum absolute atomic E-state index is 6.46. The maximum Gasteiger partial charge on any atom is 0.147 e. The third-order valence-corrected chi connectivity index (χ3v) is 6.21. The smallest absolute Gasteiger partial charge is 0.147 e. The number of nitrogens with two attached hydrogens (primary N) is 1. The van der Waals surface area contributed by atoms with Gasteiger partial charge >= 0.3 is 0 Å².